The molecule has 0 aliphatic heterocycles. The molecular formula is C10H10O4. The van der Waals surface area contributed by atoms with Crippen LogP contribution >= 0.6 is 0 Å². The lowest BCUT2D eigenvalue weighted by molar-refractivity contribution is 0.0549. The zero-order valence-corrected chi connectivity index (χ0v) is 7.61. The molecule has 0 fully saturated rings. The zero-order chi connectivity index (χ0) is 9.42. The molecule has 14 heavy (non-hydrogen) atoms. The van der Waals surface area contributed by atoms with Crippen LogP contribution < -0.4 is 0 Å². The molecule has 0 amide bonds. The molecule has 0 atom stereocenters. The van der Waals surface area contributed by atoms with E-state index < -0.39 is 6.10 Å². The van der Waals surface area contributed by atoms with Crippen molar-refractivity contribution in [1.29, 1.82) is 0 Å². The van der Waals surface area contributed by atoms with Gasteiger partial charge < -0.3 is 10.2 Å². The molecule has 2 N–H and O–H groups in total. The Hall–Kier alpha value is -1.52. The predicted molar refractivity (Wildman–Crippen MR) is 49.5 cm³/mol. The average Bonchev–Trinajstić information content (AvgIpc) is 2.41. The fourth-order valence-electron chi connectivity index (χ4n) is 1.53. The number of fused-ring (bicyclic) bond motifs is 1. The molecule has 1 aromatic rings. The predicted octanol–water partition coefficient (Wildman–Crippen LogP) is 0.256. The number of benzene rings is 1. The Bertz CT molecular complexity index is 348. The van der Waals surface area contributed by atoms with E-state index in [-0.39, 0.29) is 17.0 Å². The van der Waals surface area contributed by atoms with Crippen molar-refractivity contribution < 1.29 is 19.8 Å². The summed E-state index contributed by atoms with van der Waals surface area (Å²) in [7, 11) is 1.37. The lowest BCUT2D eigenvalue weighted by atomic mass is 10.1. The summed E-state index contributed by atoms with van der Waals surface area (Å²) in [6.45, 7) is 0. The maximum atomic E-state index is 11.5. The van der Waals surface area contributed by atoms with Crippen LogP contribution in [-0.2, 0) is 4.74 Å². The molecule has 2 rings (SSSR count). The van der Waals surface area contributed by atoms with E-state index in [4.69, 9.17) is 4.74 Å². The maximum Gasteiger partial charge on any atom is 0.200 e. The van der Waals surface area contributed by atoms with Gasteiger partial charge in [-0.15, -0.1) is 0 Å². The van der Waals surface area contributed by atoms with Gasteiger partial charge in [-0.2, -0.15) is 0 Å². The average molecular weight is 194 g/mol. The van der Waals surface area contributed by atoms with Crippen LogP contribution in [-0.4, -0.2) is 30.3 Å². The third-order valence-corrected chi connectivity index (χ3v) is 2.17. The minimum atomic E-state index is -0.919. The lowest BCUT2D eigenvalue weighted by Gasteiger charge is -2.01. The van der Waals surface area contributed by atoms with E-state index >= 15 is 0 Å². The summed E-state index contributed by atoms with van der Waals surface area (Å²) in [4.78, 5) is 23.0. The summed E-state index contributed by atoms with van der Waals surface area (Å²) >= 11 is 0. The molecule has 0 radical (unpaired) electrons. The Morgan fingerprint density at radius 1 is 1.07 bits per heavy atom. The number of ether oxygens (including phenoxy) is 1. The van der Waals surface area contributed by atoms with Gasteiger partial charge in [-0.25, -0.2) is 0 Å². The monoisotopic (exact) mass is 194 g/mol. The second kappa shape index (κ2) is 3.69. The van der Waals surface area contributed by atoms with Gasteiger partial charge in [-0.3, -0.25) is 9.59 Å². The summed E-state index contributed by atoms with van der Waals surface area (Å²) in [6.07, 6.45) is -0.919. The SMILES string of the molecule is COC1C(=O)c2ccccc2C1=O.O. The van der Waals surface area contributed by atoms with Crippen LogP contribution in [0.1, 0.15) is 20.7 Å². The first kappa shape index (κ1) is 10.6. The van der Waals surface area contributed by atoms with E-state index in [0.29, 0.717) is 11.1 Å². The highest BCUT2D eigenvalue weighted by Gasteiger charge is 2.38. The van der Waals surface area contributed by atoms with Gasteiger partial charge in [0.1, 0.15) is 0 Å². The van der Waals surface area contributed by atoms with Crippen molar-refractivity contribution in [3.8, 4) is 0 Å². The van der Waals surface area contributed by atoms with Gasteiger partial charge in [0, 0.05) is 18.2 Å². The Labute approximate surface area is 80.8 Å². The first-order valence-corrected chi connectivity index (χ1v) is 3.96. The molecule has 1 aliphatic carbocycles. The van der Waals surface area contributed by atoms with Crippen LogP contribution in [0.2, 0.25) is 0 Å². The van der Waals surface area contributed by atoms with Gasteiger partial charge in [-0.1, -0.05) is 24.3 Å². The smallest absolute Gasteiger partial charge is 0.200 e. The second-order valence-corrected chi connectivity index (χ2v) is 2.89. The highest BCUT2D eigenvalue weighted by atomic mass is 16.5. The highest BCUT2D eigenvalue weighted by Crippen LogP contribution is 2.23. The van der Waals surface area contributed by atoms with Gasteiger partial charge >= 0.3 is 0 Å². The molecule has 1 aromatic carbocycles. The van der Waals surface area contributed by atoms with E-state index in [1.54, 1.807) is 24.3 Å². The number of methoxy groups -OCH3 is 1. The van der Waals surface area contributed by atoms with Crippen molar-refractivity contribution in [1.82, 2.24) is 0 Å². The van der Waals surface area contributed by atoms with Gasteiger partial charge in [0.25, 0.3) is 0 Å². The second-order valence-electron chi connectivity index (χ2n) is 2.89. The number of carbonyl (C=O) groups is 2. The van der Waals surface area contributed by atoms with Gasteiger partial charge in [-0.05, 0) is 0 Å². The van der Waals surface area contributed by atoms with Gasteiger partial charge in [0.2, 0.25) is 0 Å². The largest absolute Gasteiger partial charge is 0.412 e. The Balaban J connectivity index is 0.000000980. The highest BCUT2D eigenvalue weighted by molar-refractivity contribution is 6.28. The quantitative estimate of drug-likeness (QED) is 0.601. The number of Topliss-reactive ketones (excluding diaryl/α,β-unsaturated/α-hetero) is 2. The summed E-state index contributed by atoms with van der Waals surface area (Å²) in [6, 6.07) is 6.77. The third kappa shape index (κ3) is 1.25. The Morgan fingerprint density at radius 3 is 1.86 bits per heavy atom. The molecule has 4 heteroatoms. The molecule has 1 aliphatic rings. The van der Waals surface area contributed by atoms with Gasteiger partial charge in [0.15, 0.2) is 17.7 Å². The molecule has 0 spiro atoms. The summed E-state index contributed by atoms with van der Waals surface area (Å²) in [5.74, 6) is -0.466. The van der Waals surface area contributed by atoms with Crippen molar-refractivity contribution in [2.45, 2.75) is 6.10 Å². The van der Waals surface area contributed by atoms with Crippen molar-refractivity contribution >= 4 is 11.6 Å². The third-order valence-electron chi connectivity index (χ3n) is 2.17. The van der Waals surface area contributed by atoms with Crippen LogP contribution in [0.25, 0.3) is 0 Å². The van der Waals surface area contributed by atoms with E-state index in [9.17, 15) is 9.59 Å². The first-order chi connectivity index (χ1) is 6.25. The normalized spacial score (nSPS) is 15.2. The summed E-state index contributed by atoms with van der Waals surface area (Å²) in [5.41, 5.74) is 0.943. The van der Waals surface area contributed by atoms with Crippen molar-refractivity contribution in [3.05, 3.63) is 35.4 Å². The molecule has 0 saturated carbocycles. The molecule has 0 aromatic heterocycles. The zero-order valence-electron chi connectivity index (χ0n) is 7.61. The van der Waals surface area contributed by atoms with Crippen LogP contribution in [0.3, 0.4) is 0 Å². The minimum Gasteiger partial charge on any atom is -0.412 e. The summed E-state index contributed by atoms with van der Waals surface area (Å²) < 4.78 is 4.82. The lowest BCUT2D eigenvalue weighted by Crippen LogP contribution is -2.23. The number of carbonyl (C=O) groups excluding carboxylic acids is 2. The minimum absolute atomic E-state index is 0. The molecule has 0 unspecified atom stereocenters. The van der Waals surface area contributed by atoms with E-state index in [0.717, 1.165) is 0 Å². The van der Waals surface area contributed by atoms with Crippen LogP contribution in [0.4, 0.5) is 0 Å². The van der Waals surface area contributed by atoms with Crippen LogP contribution in [0, 0.1) is 0 Å². The topological polar surface area (TPSA) is 74.9 Å². The fraction of sp³-hybridized carbons (Fsp3) is 0.200. The first-order valence-electron chi connectivity index (χ1n) is 3.96. The Morgan fingerprint density at radius 2 is 1.50 bits per heavy atom. The molecule has 0 saturated heterocycles. The maximum absolute atomic E-state index is 11.5. The Kier molecular flexibility index (Phi) is 2.78. The molecule has 74 valence electrons. The number of hydrogen-bond donors (Lipinski definition) is 0. The number of rotatable bonds is 1. The molecule has 0 bridgehead atoms. The van der Waals surface area contributed by atoms with E-state index in [1.807, 2.05) is 0 Å². The van der Waals surface area contributed by atoms with Crippen molar-refractivity contribution in [2.24, 2.45) is 0 Å². The van der Waals surface area contributed by atoms with E-state index in [1.165, 1.54) is 7.11 Å². The van der Waals surface area contributed by atoms with Crippen molar-refractivity contribution in [2.75, 3.05) is 7.11 Å². The molecule has 4 nitrogen and oxygen atoms in total. The van der Waals surface area contributed by atoms with Gasteiger partial charge in [0.05, 0.1) is 0 Å². The van der Waals surface area contributed by atoms with Crippen molar-refractivity contribution in [3.63, 3.8) is 0 Å². The standard InChI is InChI=1S/C10H8O3.H2O/c1-13-10-8(11)6-4-2-3-5-7(6)9(10)12;/h2-5,10H,1H3;1H2. The van der Waals surface area contributed by atoms with Crippen LogP contribution in [0.15, 0.2) is 24.3 Å². The molecular weight excluding hydrogens is 184 g/mol. The van der Waals surface area contributed by atoms with Crippen LogP contribution in [0.5, 0.6) is 0 Å². The van der Waals surface area contributed by atoms with E-state index in [2.05, 4.69) is 0 Å². The number of ketones is 2. The fourth-order valence-corrected chi connectivity index (χ4v) is 1.53. The summed E-state index contributed by atoms with van der Waals surface area (Å²) in [5, 5.41) is 0. The molecule has 0 heterocycles. The number of hydrogen-bond acceptors (Lipinski definition) is 3.